The van der Waals surface area contributed by atoms with E-state index in [1.165, 1.54) is 6.07 Å². The highest BCUT2D eigenvalue weighted by molar-refractivity contribution is 5.18. The molecule has 0 spiro atoms. The maximum absolute atomic E-state index is 13.0. The Morgan fingerprint density at radius 1 is 1.31 bits per heavy atom. The van der Waals surface area contributed by atoms with Gasteiger partial charge in [-0.1, -0.05) is 12.1 Å². The summed E-state index contributed by atoms with van der Waals surface area (Å²) < 4.78 is 30.7. The molecular formula is C10H12F2O. The molecule has 1 aromatic rings. The van der Waals surface area contributed by atoms with Crippen molar-refractivity contribution in [3.8, 4) is 0 Å². The first-order valence-corrected chi connectivity index (χ1v) is 4.26. The highest BCUT2D eigenvalue weighted by Gasteiger charge is 2.06. The average molecular weight is 186 g/mol. The van der Waals surface area contributed by atoms with Gasteiger partial charge in [0, 0.05) is 6.61 Å². The van der Waals surface area contributed by atoms with Crippen LogP contribution in [0.5, 0.6) is 0 Å². The Hall–Kier alpha value is -0.960. The molecule has 0 aliphatic carbocycles. The van der Waals surface area contributed by atoms with Crippen LogP contribution in [0.1, 0.15) is 12.5 Å². The predicted molar refractivity (Wildman–Crippen MR) is 46.6 cm³/mol. The van der Waals surface area contributed by atoms with Gasteiger partial charge in [0.15, 0.2) is 11.6 Å². The fourth-order valence-corrected chi connectivity index (χ4v) is 1.07. The van der Waals surface area contributed by atoms with Gasteiger partial charge in [-0.25, -0.2) is 8.78 Å². The molecule has 0 bridgehead atoms. The Bertz CT molecular complexity index is 274. The summed E-state index contributed by atoms with van der Waals surface area (Å²) >= 11 is 0. The summed E-state index contributed by atoms with van der Waals surface area (Å²) in [5.41, 5.74) is 0.369. The van der Waals surface area contributed by atoms with Gasteiger partial charge in [0.1, 0.15) is 0 Å². The smallest absolute Gasteiger partial charge is 0.162 e. The number of hydrogen-bond donors (Lipinski definition) is 0. The van der Waals surface area contributed by atoms with E-state index in [9.17, 15) is 8.78 Å². The highest BCUT2D eigenvalue weighted by atomic mass is 19.2. The van der Waals surface area contributed by atoms with Crippen LogP contribution in [0.15, 0.2) is 18.2 Å². The van der Waals surface area contributed by atoms with Crippen LogP contribution in [0.4, 0.5) is 8.78 Å². The molecule has 0 N–H and O–H groups in total. The van der Waals surface area contributed by atoms with Crippen molar-refractivity contribution in [2.75, 3.05) is 13.2 Å². The summed E-state index contributed by atoms with van der Waals surface area (Å²) in [5, 5.41) is 0. The van der Waals surface area contributed by atoms with Crippen LogP contribution >= 0.6 is 0 Å². The first kappa shape index (κ1) is 10.1. The van der Waals surface area contributed by atoms with Crippen LogP contribution in [0, 0.1) is 11.6 Å². The minimum absolute atomic E-state index is 0.369. The van der Waals surface area contributed by atoms with Crippen molar-refractivity contribution in [1.29, 1.82) is 0 Å². The van der Waals surface area contributed by atoms with Crippen molar-refractivity contribution >= 4 is 0 Å². The molecule has 1 nitrogen and oxygen atoms in total. The summed E-state index contributed by atoms with van der Waals surface area (Å²) in [6.07, 6.45) is 0.414. The lowest BCUT2D eigenvalue weighted by Crippen LogP contribution is -2.01. The van der Waals surface area contributed by atoms with E-state index in [1.807, 2.05) is 6.92 Å². The summed E-state index contributed by atoms with van der Waals surface area (Å²) in [5.74, 6) is -1.56. The number of benzene rings is 1. The molecule has 0 unspecified atom stereocenters. The first-order chi connectivity index (χ1) is 6.25. The van der Waals surface area contributed by atoms with Gasteiger partial charge in [0.05, 0.1) is 6.61 Å². The van der Waals surface area contributed by atoms with Crippen molar-refractivity contribution < 1.29 is 13.5 Å². The lowest BCUT2D eigenvalue weighted by molar-refractivity contribution is 0.150. The third-order valence-corrected chi connectivity index (χ3v) is 1.75. The second kappa shape index (κ2) is 4.92. The Kier molecular flexibility index (Phi) is 3.83. The highest BCUT2D eigenvalue weighted by Crippen LogP contribution is 2.11. The van der Waals surface area contributed by atoms with Gasteiger partial charge in [-0.15, -0.1) is 0 Å². The second-order valence-corrected chi connectivity index (χ2v) is 2.66. The third-order valence-electron chi connectivity index (χ3n) is 1.75. The molecule has 0 aromatic heterocycles. The Morgan fingerprint density at radius 3 is 2.77 bits per heavy atom. The van der Waals surface area contributed by atoms with Gasteiger partial charge in [-0.2, -0.15) is 0 Å². The second-order valence-electron chi connectivity index (χ2n) is 2.66. The van der Waals surface area contributed by atoms with Gasteiger partial charge in [-0.05, 0) is 25.0 Å². The molecule has 0 saturated carbocycles. The number of rotatable bonds is 4. The molecule has 0 amide bonds. The van der Waals surface area contributed by atoms with E-state index >= 15 is 0 Å². The Labute approximate surface area is 76.3 Å². The van der Waals surface area contributed by atoms with Crippen molar-refractivity contribution in [2.24, 2.45) is 0 Å². The van der Waals surface area contributed by atoms with Crippen molar-refractivity contribution in [2.45, 2.75) is 13.3 Å². The molecule has 72 valence electrons. The van der Waals surface area contributed by atoms with Crippen LogP contribution in [-0.4, -0.2) is 13.2 Å². The topological polar surface area (TPSA) is 9.23 Å². The van der Waals surface area contributed by atoms with E-state index in [-0.39, 0.29) is 0 Å². The SMILES string of the molecule is CCOCCc1cccc(F)c1F. The molecular weight excluding hydrogens is 174 g/mol. The normalized spacial score (nSPS) is 10.4. The summed E-state index contributed by atoms with van der Waals surface area (Å²) in [6.45, 7) is 2.88. The van der Waals surface area contributed by atoms with Crippen molar-refractivity contribution in [3.63, 3.8) is 0 Å². The molecule has 3 heteroatoms. The predicted octanol–water partition coefficient (Wildman–Crippen LogP) is 2.54. The van der Waals surface area contributed by atoms with Crippen LogP contribution in [0.2, 0.25) is 0 Å². The minimum atomic E-state index is -0.797. The van der Waals surface area contributed by atoms with E-state index < -0.39 is 11.6 Å². The van der Waals surface area contributed by atoms with E-state index in [0.717, 1.165) is 6.07 Å². The van der Waals surface area contributed by atoms with E-state index in [0.29, 0.717) is 25.2 Å². The quantitative estimate of drug-likeness (QED) is 0.656. The third kappa shape index (κ3) is 2.77. The minimum Gasteiger partial charge on any atom is -0.381 e. The van der Waals surface area contributed by atoms with Crippen LogP contribution < -0.4 is 0 Å². The van der Waals surface area contributed by atoms with E-state index in [1.54, 1.807) is 6.07 Å². The summed E-state index contributed by atoms with van der Waals surface area (Å²) in [4.78, 5) is 0. The number of ether oxygens (including phenoxy) is 1. The zero-order valence-corrected chi connectivity index (χ0v) is 7.52. The molecule has 0 aliphatic rings. The average Bonchev–Trinajstić information content (AvgIpc) is 2.13. The maximum atomic E-state index is 13.0. The van der Waals surface area contributed by atoms with Crippen molar-refractivity contribution in [1.82, 2.24) is 0 Å². The summed E-state index contributed by atoms with van der Waals surface area (Å²) in [6, 6.07) is 4.18. The largest absolute Gasteiger partial charge is 0.381 e. The van der Waals surface area contributed by atoms with Crippen LogP contribution in [0.3, 0.4) is 0 Å². The van der Waals surface area contributed by atoms with E-state index in [2.05, 4.69) is 0 Å². The van der Waals surface area contributed by atoms with Gasteiger partial charge in [0.2, 0.25) is 0 Å². The molecule has 0 heterocycles. The zero-order chi connectivity index (χ0) is 9.68. The van der Waals surface area contributed by atoms with Gasteiger partial charge in [0.25, 0.3) is 0 Å². The molecule has 0 radical (unpaired) electrons. The maximum Gasteiger partial charge on any atom is 0.162 e. The molecule has 0 atom stereocenters. The summed E-state index contributed by atoms with van der Waals surface area (Å²) in [7, 11) is 0. The lowest BCUT2D eigenvalue weighted by atomic mass is 10.1. The molecule has 1 aromatic carbocycles. The molecule has 1 rings (SSSR count). The van der Waals surface area contributed by atoms with Gasteiger partial charge in [-0.3, -0.25) is 0 Å². The lowest BCUT2D eigenvalue weighted by Gasteiger charge is -2.03. The Morgan fingerprint density at radius 2 is 2.08 bits per heavy atom. The standard InChI is InChI=1S/C10H12F2O/c1-2-13-7-6-8-4-3-5-9(11)10(8)12/h3-5H,2,6-7H2,1H3. The van der Waals surface area contributed by atoms with Crippen LogP contribution in [0.25, 0.3) is 0 Å². The zero-order valence-electron chi connectivity index (χ0n) is 7.52. The van der Waals surface area contributed by atoms with E-state index in [4.69, 9.17) is 4.74 Å². The van der Waals surface area contributed by atoms with Crippen molar-refractivity contribution in [3.05, 3.63) is 35.4 Å². The number of halogens is 2. The monoisotopic (exact) mass is 186 g/mol. The molecule has 13 heavy (non-hydrogen) atoms. The molecule has 0 fully saturated rings. The Balaban J connectivity index is 2.61. The number of hydrogen-bond acceptors (Lipinski definition) is 1. The fourth-order valence-electron chi connectivity index (χ4n) is 1.07. The first-order valence-electron chi connectivity index (χ1n) is 4.26. The molecule has 0 aliphatic heterocycles. The van der Waals surface area contributed by atoms with Crippen LogP contribution in [-0.2, 0) is 11.2 Å². The van der Waals surface area contributed by atoms with Gasteiger partial charge >= 0.3 is 0 Å². The molecule has 0 saturated heterocycles. The fraction of sp³-hybridized carbons (Fsp3) is 0.400. The van der Waals surface area contributed by atoms with Gasteiger partial charge < -0.3 is 4.74 Å².